The number of hydrogen-bond donors (Lipinski definition) is 2. The second-order valence-electron chi connectivity index (χ2n) is 6.19. The van der Waals surface area contributed by atoms with E-state index in [0.717, 1.165) is 12.8 Å². The van der Waals surface area contributed by atoms with Gasteiger partial charge in [0.2, 0.25) is 5.91 Å². The van der Waals surface area contributed by atoms with Crippen molar-refractivity contribution < 1.29 is 14.7 Å². The lowest BCUT2D eigenvalue weighted by atomic mass is 9.80. The molecule has 0 spiro atoms. The third-order valence-electron chi connectivity index (χ3n) is 3.18. The third kappa shape index (κ3) is 5.20. The summed E-state index contributed by atoms with van der Waals surface area (Å²) in [5.41, 5.74) is 0.269. The van der Waals surface area contributed by atoms with Gasteiger partial charge in [0.25, 0.3) is 0 Å². The van der Waals surface area contributed by atoms with Gasteiger partial charge in [-0.1, -0.05) is 20.8 Å². The van der Waals surface area contributed by atoms with Crippen LogP contribution in [0.3, 0.4) is 0 Å². The lowest BCUT2D eigenvalue weighted by Gasteiger charge is -2.32. The second-order valence-corrected chi connectivity index (χ2v) is 6.19. The number of aliphatic carboxylic acids is 1. The number of carbonyl (C=O) groups is 2. The predicted octanol–water partition coefficient (Wildman–Crippen LogP) is 2.18. The van der Waals surface area contributed by atoms with E-state index in [2.05, 4.69) is 26.1 Å². The molecule has 1 saturated carbocycles. The molecule has 0 unspecified atom stereocenters. The maximum Gasteiger partial charge on any atom is 0.306 e. The molecule has 4 nitrogen and oxygen atoms in total. The maximum absolute atomic E-state index is 11.6. The van der Waals surface area contributed by atoms with Crippen LogP contribution in [0.25, 0.3) is 0 Å². The van der Waals surface area contributed by atoms with Gasteiger partial charge in [-0.25, -0.2) is 0 Å². The van der Waals surface area contributed by atoms with Gasteiger partial charge in [-0.05, 0) is 31.1 Å². The Labute approximate surface area is 103 Å². The van der Waals surface area contributed by atoms with Gasteiger partial charge in [-0.2, -0.15) is 0 Å². The number of carbonyl (C=O) groups excluding carboxylic acids is 1. The van der Waals surface area contributed by atoms with E-state index >= 15 is 0 Å². The molecule has 0 aromatic heterocycles. The molecule has 4 heteroatoms. The Bertz CT molecular complexity index is 288. The zero-order chi connectivity index (χ0) is 13.1. The van der Waals surface area contributed by atoms with E-state index in [1.807, 2.05) is 0 Å². The number of carboxylic acids is 1. The average molecular weight is 241 g/mol. The van der Waals surface area contributed by atoms with Crippen molar-refractivity contribution >= 4 is 11.9 Å². The van der Waals surface area contributed by atoms with Crippen molar-refractivity contribution in [2.24, 2.45) is 11.3 Å². The van der Waals surface area contributed by atoms with Crippen LogP contribution < -0.4 is 5.32 Å². The fourth-order valence-electron chi connectivity index (χ4n) is 2.02. The van der Waals surface area contributed by atoms with Crippen molar-refractivity contribution in [3.8, 4) is 0 Å². The van der Waals surface area contributed by atoms with Crippen LogP contribution in [0.1, 0.15) is 52.9 Å². The first kappa shape index (κ1) is 14.0. The number of carboxylic acid groups (broad SMARTS) is 1. The van der Waals surface area contributed by atoms with Crippen LogP contribution in [0.15, 0.2) is 0 Å². The van der Waals surface area contributed by atoms with Crippen LogP contribution in [0.4, 0.5) is 0 Å². The topological polar surface area (TPSA) is 66.4 Å². The van der Waals surface area contributed by atoms with Gasteiger partial charge in [0.15, 0.2) is 0 Å². The summed E-state index contributed by atoms with van der Waals surface area (Å²) >= 11 is 0. The van der Waals surface area contributed by atoms with Crippen molar-refractivity contribution in [3.63, 3.8) is 0 Å². The first-order valence-corrected chi connectivity index (χ1v) is 6.30. The lowest BCUT2D eigenvalue weighted by Crippen LogP contribution is -2.46. The van der Waals surface area contributed by atoms with E-state index in [-0.39, 0.29) is 23.3 Å². The molecule has 0 aromatic rings. The Kier molecular flexibility index (Phi) is 4.54. The van der Waals surface area contributed by atoms with Crippen molar-refractivity contribution in [1.29, 1.82) is 0 Å². The highest BCUT2D eigenvalue weighted by Crippen LogP contribution is 2.27. The number of hydrogen-bond acceptors (Lipinski definition) is 2. The highest BCUT2D eigenvalue weighted by Gasteiger charge is 2.35. The summed E-state index contributed by atoms with van der Waals surface area (Å²) in [6.45, 7) is 6.48. The molecule has 0 atom stereocenters. The molecule has 0 aromatic carbocycles. The Morgan fingerprint density at radius 3 is 2.35 bits per heavy atom. The molecule has 1 rings (SSSR count). The molecule has 1 amide bonds. The van der Waals surface area contributed by atoms with Gasteiger partial charge >= 0.3 is 5.97 Å². The Hall–Kier alpha value is -1.06. The van der Waals surface area contributed by atoms with Gasteiger partial charge < -0.3 is 10.4 Å². The van der Waals surface area contributed by atoms with Gasteiger partial charge in [0.1, 0.15) is 0 Å². The van der Waals surface area contributed by atoms with Crippen LogP contribution in [0, 0.1) is 11.3 Å². The number of rotatable bonds is 5. The van der Waals surface area contributed by atoms with E-state index in [0.29, 0.717) is 19.3 Å². The minimum atomic E-state index is -0.747. The van der Waals surface area contributed by atoms with Gasteiger partial charge in [-0.15, -0.1) is 0 Å². The summed E-state index contributed by atoms with van der Waals surface area (Å²) in [7, 11) is 0. The van der Waals surface area contributed by atoms with Crippen molar-refractivity contribution in [2.45, 2.75) is 58.9 Å². The fourth-order valence-corrected chi connectivity index (χ4v) is 2.02. The van der Waals surface area contributed by atoms with Gasteiger partial charge in [-0.3, -0.25) is 9.59 Å². The smallest absolute Gasteiger partial charge is 0.306 e. The normalized spacial score (nSPS) is 23.9. The van der Waals surface area contributed by atoms with E-state index in [4.69, 9.17) is 5.11 Å². The van der Waals surface area contributed by atoms with Gasteiger partial charge in [0, 0.05) is 12.5 Å². The largest absolute Gasteiger partial charge is 0.481 e. The number of amides is 1. The molecule has 1 aliphatic carbocycles. The van der Waals surface area contributed by atoms with Crippen molar-refractivity contribution in [1.82, 2.24) is 5.32 Å². The summed E-state index contributed by atoms with van der Waals surface area (Å²) in [4.78, 5) is 22.1. The standard InChI is InChI=1S/C13H23NO3/c1-13(2,3)6-4-5-11(15)14-10-7-9(8-10)12(16)17/h9-10H,4-8H2,1-3H3,(H,14,15)(H,16,17). The predicted molar refractivity (Wildman–Crippen MR) is 65.6 cm³/mol. The molecule has 0 heterocycles. The van der Waals surface area contributed by atoms with E-state index in [1.165, 1.54) is 0 Å². The van der Waals surface area contributed by atoms with E-state index in [9.17, 15) is 9.59 Å². The van der Waals surface area contributed by atoms with Crippen LogP contribution in [0.2, 0.25) is 0 Å². The molecule has 2 N–H and O–H groups in total. The molecular weight excluding hydrogens is 218 g/mol. The molecule has 0 saturated heterocycles. The number of nitrogens with one attached hydrogen (secondary N) is 1. The van der Waals surface area contributed by atoms with E-state index < -0.39 is 5.97 Å². The average Bonchev–Trinajstić information content (AvgIpc) is 2.07. The zero-order valence-electron chi connectivity index (χ0n) is 11.0. The lowest BCUT2D eigenvalue weighted by molar-refractivity contribution is -0.146. The summed E-state index contributed by atoms with van der Waals surface area (Å²) in [5, 5.41) is 11.6. The van der Waals surface area contributed by atoms with Crippen LogP contribution >= 0.6 is 0 Å². The van der Waals surface area contributed by atoms with Crippen LogP contribution in [-0.4, -0.2) is 23.0 Å². The zero-order valence-corrected chi connectivity index (χ0v) is 11.0. The molecule has 0 aliphatic heterocycles. The van der Waals surface area contributed by atoms with Crippen LogP contribution in [0.5, 0.6) is 0 Å². The summed E-state index contributed by atoms with van der Waals surface area (Å²) in [5.74, 6) is -0.943. The monoisotopic (exact) mass is 241 g/mol. The first-order valence-electron chi connectivity index (χ1n) is 6.30. The quantitative estimate of drug-likeness (QED) is 0.775. The second kappa shape index (κ2) is 5.52. The molecule has 0 bridgehead atoms. The fraction of sp³-hybridized carbons (Fsp3) is 0.846. The Balaban J connectivity index is 2.09. The van der Waals surface area contributed by atoms with Crippen molar-refractivity contribution in [3.05, 3.63) is 0 Å². The summed E-state index contributed by atoms with van der Waals surface area (Å²) in [6.07, 6.45) is 3.64. The van der Waals surface area contributed by atoms with Crippen LogP contribution in [-0.2, 0) is 9.59 Å². The van der Waals surface area contributed by atoms with E-state index in [1.54, 1.807) is 0 Å². The molecular formula is C13H23NO3. The summed E-state index contributed by atoms with van der Waals surface area (Å²) in [6, 6.07) is 0.0817. The summed E-state index contributed by atoms with van der Waals surface area (Å²) < 4.78 is 0. The molecule has 98 valence electrons. The highest BCUT2D eigenvalue weighted by atomic mass is 16.4. The molecule has 0 radical (unpaired) electrons. The minimum absolute atomic E-state index is 0.0584. The molecule has 1 aliphatic rings. The maximum atomic E-state index is 11.6. The van der Waals surface area contributed by atoms with Crippen molar-refractivity contribution in [2.75, 3.05) is 0 Å². The van der Waals surface area contributed by atoms with Gasteiger partial charge in [0.05, 0.1) is 5.92 Å². The Morgan fingerprint density at radius 1 is 1.29 bits per heavy atom. The SMILES string of the molecule is CC(C)(C)CCCC(=O)NC1CC(C(=O)O)C1. The highest BCUT2D eigenvalue weighted by molar-refractivity contribution is 5.77. The minimum Gasteiger partial charge on any atom is -0.481 e. The Morgan fingerprint density at radius 2 is 1.88 bits per heavy atom. The molecule has 17 heavy (non-hydrogen) atoms. The third-order valence-corrected chi connectivity index (χ3v) is 3.18. The first-order chi connectivity index (χ1) is 7.78. The molecule has 1 fully saturated rings.